The van der Waals surface area contributed by atoms with Gasteiger partial charge in [-0.15, -0.1) is 0 Å². The third-order valence-electron chi connectivity index (χ3n) is 5.12. The molecule has 0 saturated heterocycles. The van der Waals surface area contributed by atoms with Crippen LogP contribution in [0.3, 0.4) is 0 Å². The van der Waals surface area contributed by atoms with Gasteiger partial charge in [0, 0.05) is 13.7 Å². The lowest BCUT2D eigenvalue weighted by Crippen LogP contribution is -2.37. The summed E-state index contributed by atoms with van der Waals surface area (Å²) in [4.78, 5) is 37.5. The monoisotopic (exact) mass is 459 g/mol. The maximum Gasteiger partial charge on any atom is 0.449 e. The number of aromatic amines is 1. The van der Waals surface area contributed by atoms with Crippen LogP contribution >= 0.6 is 0 Å². The molecule has 0 aliphatic rings. The smallest absolute Gasteiger partial charge is 0.383 e. The van der Waals surface area contributed by atoms with Crippen molar-refractivity contribution in [2.45, 2.75) is 19.3 Å². The van der Waals surface area contributed by atoms with E-state index in [0.717, 1.165) is 4.57 Å². The largest absolute Gasteiger partial charge is 0.449 e. The van der Waals surface area contributed by atoms with Crippen LogP contribution in [-0.2, 0) is 28.8 Å². The number of benzene rings is 2. The molecule has 0 radical (unpaired) electrons. The summed E-state index contributed by atoms with van der Waals surface area (Å²) in [5.41, 5.74) is 0.425. The normalized spacial score (nSPS) is 11.9. The number of nitrogens with zero attached hydrogens (tertiary/aromatic N) is 4. The standard InChI is InChI=1S/C22H20F3N5O3/c1-33-11-10-29(12-18-26-15-7-3-2-6-14(15)20(32)28-18)19(31)13-30-17-9-5-4-8-16(17)27-21(30)22(23,24)25/h2-9H,10-13H2,1H3,(H,26,28,32). The molecule has 2 heterocycles. The Morgan fingerprint density at radius 2 is 1.79 bits per heavy atom. The number of carbonyl (C=O) groups is 1. The number of imidazole rings is 1. The molecule has 33 heavy (non-hydrogen) atoms. The topological polar surface area (TPSA) is 93.1 Å². The lowest BCUT2D eigenvalue weighted by Gasteiger charge is -2.23. The number of methoxy groups -OCH3 is 1. The molecule has 0 aliphatic carbocycles. The second-order valence-corrected chi connectivity index (χ2v) is 7.35. The van der Waals surface area contributed by atoms with Crippen molar-refractivity contribution in [1.29, 1.82) is 0 Å². The second-order valence-electron chi connectivity index (χ2n) is 7.35. The third-order valence-corrected chi connectivity index (χ3v) is 5.12. The van der Waals surface area contributed by atoms with Crippen molar-refractivity contribution in [3.63, 3.8) is 0 Å². The first-order valence-corrected chi connectivity index (χ1v) is 10.0. The Morgan fingerprint density at radius 3 is 2.52 bits per heavy atom. The Morgan fingerprint density at radius 1 is 1.09 bits per heavy atom. The van der Waals surface area contributed by atoms with Crippen LogP contribution in [0.5, 0.6) is 0 Å². The number of para-hydroxylation sites is 3. The fourth-order valence-electron chi connectivity index (χ4n) is 3.57. The van der Waals surface area contributed by atoms with Gasteiger partial charge in [0.05, 0.1) is 35.1 Å². The van der Waals surface area contributed by atoms with Crippen molar-refractivity contribution in [3.05, 3.63) is 70.5 Å². The first kappa shape index (κ1) is 22.5. The van der Waals surface area contributed by atoms with Gasteiger partial charge < -0.3 is 19.2 Å². The fourth-order valence-corrected chi connectivity index (χ4v) is 3.57. The van der Waals surface area contributed by atoms with E-state index < -0.39 is 24.5 Å². The molecular weight excluding hydrogens is 439 g/mol. The zero-order chi connectivity index (χ0) is 23.6. The van der Waals surface area contributed by atoms with Crippen LogP contribution in [0.4, 0.5) is 13.2 Å². The van der Waals surface area contributed by atoms with Crippen molar-refractivity contribution >= 4 is 27.8 Å². The minimum atomic E-state index is -4.73. The number of carbonyl (C=O) groups excluding carboxylic acids is 1. The molecule has 4 aromatic rings. The van der Waals surface area contributed by atoms with Crippen LogP contribution in [0, 0.1) is 0 Å². The first-order valence-electron chi connectivity index (χ1n) is 10.0. The van der Waals surface area contributed by atoms with Crippen LogP contribution in [0.25, 0.3) is 21.9 Å². The van der Waals surface area contributed by atoms with Crippen LogP contribution in [0.1, 0.15) is 11.6 Å². The van der Waals surface area contributed by atoms with Gasteiger partial charge in [-0.1, -0.05) is 24.3 Å². The lowest BCUT2D eigenvalue weighted by atomic mass is 10.2. The number of hydrogen-bond donors (Lipinski definition) is 1. The molecule has 0 aliphatic heterocycles. The van der Waals surface area contributed by atoms with Gasteiger partial charge >= 0.3 is 6.18 Å². The Hall–Kier alpha value is -3.73. The van der Waals surface area contributed by atoms with E-state index in [2.05, 4.69) is 15.0 Å². The molecule has 0 atom stereocenters. The zero-order valence-electron chi connectivity index (χ0n) is 17.6. The van der Waals surface area contributed by atoms with Gasteiger partial charge in [0.25, 0.3) is 5.56 Å². The summed E-state index contributed by atoms with van der Waals surface area (Å²) >= 11 is 0. The number of rotatable bonds is 7. The molecule has 1 amide bonds. The highest BCUT2D eigenvalue weighted by molar-refractivity contribution is 5.81. The van der Waals surface area contributed by atoms with Gasteiger partial charge in [0.2, 0.25) is 11.7 Å². The molecule has 2 aromatic carbocycles. The molecule has 0 fully saturated rings. The zero-order valence-corrected chi connectivity index (χ0v) is 17.6. The minimum Gasteiger partial charge on any atom is -0.383 e. The number of alkyl halides is 3. The highest BCUT2D eigenvalue weighted by atomic mass is 19.4. The molecule has 1 N–H and O–H groups in total. The summed E-state index contributed by atoms with van der Waals surface area (Å²) in [5.74, 6) is -1.54. The Labute approximate surface area is 185 Å². The fraction of sp³-hybridized carbons (Fsp3) is 0.273. The minimum absolute atomic E-state index is 0.0971. The van der Waals surface area contributed by atoms with Crippen molar-refractivity contribution < 1.29 is 22.7 Å². The predicted octanol–water partition coefficient (Wildman–Crippen LogP) is 2.97. The Bertz CT molecular complexity index is 1360. The molecule has 8 nitrogen and oxygen atoms in total. The van der Waals surface area contributed by atoms with Gasteiger partial charge in [-0.2, -0.15) is 13.2 Å². The van der Waals surface area contributed by atoms with Crippen LogP contribution in [-0.4, -0.2) is 50.6 Å². The highest BCUT2D eigenvalue weighted by Crippen LogP contribution is 2.31. The molecule has 11 heteroatoms. The summed E-state index contributed by atoms with van der Waals surface area (Å²) in [6.45, 7) is -0.437. The van der Waals surface area contributed by atoms with E-state index in [1.54, 1.807) is 36.4 Å². The molecule has 172 valence electrons. The second kappa shape index (κ2) is 9.02. The summed E-state index contributed by atoms with van der Waals surface area (Å²) in [6, 6.07) is 12.8. The molecule has 0 unspecified atom stereocenters. The van der Waals surface area contributed by atoms with Crippen LogP contribution in [0.2, 0.25) is 0 Å². The predicted molar refractivity (Wildman–Crippen MR) is 114 cm³/mol. The highest BCUT2D eigenvalue weighted by Gasteiger charge is 2.38. The number of aromatic nitrogens is 4. The van der Waals surface area contributed by atoms with E-state index in [4.69, 9.17) is 4.74 Å². The molecule has 2 aromatic heterocycles. The van der Waals surface area contributed by atoms with Crippen LogP contribution < -0.4 is 5.56 Å². The number of hydrogen-bond acceptors (Lipinski definition) is 5. The van der Waals surface area contributed by atoms with E-state index in [-0.39, 0.29) is 42.1 Å². The summed E-state index contributed by atoms with van der Waals surface area (Å²) < 4.78 is 46.7. The third kappa shape index (κ3) is 4.72. The number of nitrogens with one attached hydrogen (secondary N) is 1. The number of ether oxygens (including phenoxy) is 1. The Kier molecular flexibility index (Phi) is 6.14. The van der Waals surface area contributed by atoms with Crippen molar-refractivity contribution in [1.82, 2.24) is 24.4 Å². The van der Waals surface area contributed by atoms with E-state index in [1.165, 1.54) is 24.1 Å². The van der Waals surface area contributed by atoms with E-state index >= 15 is 0 Å². The Balaban J connectivity index is 1.66. The molecule has 4 rings (SSSR count). The van der Waals surface area contributed by atoms with E-state index in [1.807, 2.05) is 0 Å². The lowest BCUT2D eigenvalue weighted by molar-refractivity contribution is -0.148. The molecule has 0 saturated carbocycles. The van der Waals surface area contributed by atoms with Crippen molar-refractivity contribution in [3.8, 4) is 0 Å². The van der Waals surface area contributed by atoms with Gasteiger partial charge in [0.15, 0.2) is 0 Å². The SMILES string of the molecule is COCCN(Cc1nc2ccccc2c(=O)[nH]1)C(=O)Cn1c(C(F)(F)F)nc2ccccc21. The van der Waals surface area contributed by atoms with Gasteiger partial charge in [0.1, 0.15) is 12.4 Å². The van der Waals surface area contributed by atoms with Crippen LogP contribution in [0.15, 0.2) is 53.3 Å². The molecular formula is C22H20F3N5O3. The number of amides is 1. The van der Waals surface area contributed by atoms with E-state index in [9.17, 15) is 22.8 Å². The average Bonchev–Trinajstić information content (AvgIpc) is 3.15. The van der Waals surface area contributed by atoms with Crippen molar-refractivity contribution in [2.75, 3.05) is 20.3 Å². The van der Waals surface area contributed by atoms with Crippen molar-refractivity contribution in [2.24, 2.45) is 0 Å². The maximum atomic E-state index is 13.6. The average molecular weight is 459 g/mol. The summed E-state index contributed by atoms with van der Waals surface area (Å²) in [5, 5.41) is 0.399. The molecule has 0 spiro atoms. The van der Waals surface area contributed by atoms with Gasteiger partial charge in [-0.25, -0.2) is 9.97 Å². The number of fused-ring (bicyclic) bond motifs is 2. The van der Waals surface area contributed by atoms with Gasteiger partial charge in [-0.05, 0) is 24.3 Å². The summed E-state index contributed by atoms with van der Waals surface area (Å²) in [6.07, 6.45) is -4.73. The maximum absolute atomic E-state index is 13.6. The number of H-pyrrole nitrogens is 1. The summed E-state index contributed by atoms with van der Waals surface area (Å²) in [7, 11) is 1.45. The molecule has 0 bridgehead atoms. The number of halogens is 3. The van der Waals surface area contributed by atoms with E-state index in [0.29, 0.717) is 10.9 Å². The quantitative estimate of drug-likeness (QED) is 0.459. The van der Waals surface area contributed by atoms with Gasteiger partial charge in [-0.3, -0.25) is 9.59 Å². The first-order chi connectivity index (χ1) is 15.8.